The van der Waals surface area contributed by atoms with Crippen LogP contribution in [0.1, 0.15) is 6.42 Å². The zero-order valence-electron chi connectivity index (χ0n) is 15.9. The molecule has 8 heteroatoms. The number of carbonyl (C=O) groups excluding carboxylic acids is 3. The first kappa shape index (κ1) is 17.6. The second-order valence-electron chi connectivity index (χ2n) is 8.10. The van der Waals surface area contributed by atoms with Gasteiger partial charge in [-0.1, -0.05) is 30.4 Å². The van der Waals surface area contributed by atoms with Crippen LogP contribution in [0, 0.1) is 23.7 Å². The van der Waals surface area contributed by atoms with Gasteiger partial charge in [-0.3, -0.25) is 19.3 Å². The minimum Gasteiger partial charge on any atom is -0.360 e. The molecule has 3 heterocycles. The van der Waals surface area contributed by atoms with E-state index in [0.29, 0.717) is 5.13 Å². The second kappa shape index (κ2) is 6.37. The molecule has 1 saturated carbocycles. The van der Waals surface area contributed by atoms with Gasteiger partial charge < -0.3 is 10.3 Å². The van der Waals surface area contributed by atoms with E-state index in [-0.39, 0.29) is 42.0 Å². The van der Waals surface area contributed by atoms with Gasteiger partial charge in [0.15, 0.2) is 5.13 Å². The van der Waals surface area contributed by atoms with E-state index < -0.39 is 5.91 Å². The number of aromatic amines is 1. The molecule has 1 aromatic carbocycles. The van der Waals surface area contributed by atoms with Crippen LogP contribution in [0.15, 0.2) is 48.0 Å². The smallest absolute Gasteiger partial charge is 0.246 e. The summed E-state index contributed by atoms with van der Waals surface area (Å²) >= 11 is 1.32. The van der Waals surface area contributed by atoms with E-state index in [9.17, 15) is 14.4 Å². The van der Waals surface area contributed by atoms with Crippen molar-refractivity contribution in [2.24, 2.45) is 23.7 Å². The van der Waals surface area contributed by atoms with Gasteiger partial charge in [-0.25, -0.2) is 4.98 Å². The number of fused-ring (bicyclic) bond motifs is 6. The Balaban J connectivity index is 1.17. The van der Waals surface area contributed by atoms with Gasteiger partial charge in [0.05, 0.1) is 17.5 Å². The SMILES string of the molecule is O=C(CN1C(=O)C2C3C=CC(C3)C2C1=O)Nc1nc(-c2c[nH]c3ccccc23)cs1. The molecular weight excluding hydrogens is 400 g/mol. The van der Waals surface area contributed by atoms with Gasteiger partial charge in [-0.15, -0.1) is 11.3 Å². The van der Waals surface area contributed by atoms with Gasteiger partial charge in [0.25, 0.3) is 0 Å². The molecule has 2 bridgehead atoms. The third-order valence-electron chi connectivity index (χ3n) is 6.48. The number of nitrogens with one attached hydrogen (secondary N) is 2. The molecule has 150 valence electrons. The van der Waals surface area contributed by atoms with Crippen LogP contribution in [-0.2, 0) is 14.4 Å². The summed E-state index contributed by atoms with van der Waals surface area (Å²) < 4.78 is 0. The molecule has 2 fully saturated rings. The number of benzene rings is 1. The molecule has 3 aromatic rings. The lowest BCUT2D eigenvalue weighted by atomic mass is 9.85. The molecule has 30 heavy (non-hydrogen) atoms. The molecule has 0 radical (unpaired) electrons. The maximum atomic E-state index is 12.7. The standard InChI is InChI=1S/C22H18N4O3S/c27-17(9-26-20(28)18-11-5-6-12(7-11)19(18)21(26)29)25-22-24-16(10-30-22)14-8-23-15-4-2-1-3-13(14)15/h1-6,8,10-12,18-19,23H,7,9H2,(H,24,25,27). The van der Waals surface area contributed by atoms with E-state index >= 15 is 0 Å². The summed E-state index contributed by atoms with van der Waals surface area (Å²) in [5.41, 5.74) is 2.74. The van der Waals surface area contributed by atoms with E-state index in [1.807, 2.05) is 48.0 Å². The van der Waals surface area contributed by atoms with Crippen molar-refractivity contribution in [2.75, 3.05) is 11.9 Å². The fourth-order valence-corrected chi connectivity index (χ4v) is 5.89. The number of imide groups is 1. The van der Waals surface area contributed by atoms with Gasteiger partial charge >= 0.3 is 0 Å². The zero-order chi connectivity index (χ0) is 20.4. The Morgan fingerprint density at radius 1 is 1.17 bits per heavy atom. The van der Waals surface area contributed by atoms with Crippen LogP contribution in [0.2, 0.25) is 0 Å². The first-order chi connectivity index (χ1) is 14.6. The maximum absolute atomic E-state index is 12.7. The minimum absolute atomic E-state index is 0.141. The summed E-state index contributed by atoms with van der Waals surface area (Å²) in [6, 6.07) is 7.94. The molecule has 7 nitrogen and oxygen atoms in total. The van der Waals surface area contributed by atoms with Gasteiger partial charge in [-0.05, 0) is 24.3 Å². The average molecular weight is 418 g/mol. The molecule has 6 rings (SSSR count). The van der Waals surface area contributed by atoms with Crippen molar-refractivity contribution >= 4 is 45.1 Å². The predicted molar refractivity (Wildman–Crippen MR) is 112 cm³/mol. The number of carbonyl (C=O) groups is 3. The molecule has 2 N–H and O–H groups in total. The van der Waals surface area contributed by atoms with Crippen LogP contribution >= 0.6 is 11.3 Å². The van der Waals surface area contributed by atoms with E-state index in [4.69, 9.17) is 0 Å². The molecule has 0 spiro atoms. The van der Waals surface area contributed by atoms with Crippen LogP contribution in [0.4, 0.5) is 5.13 Å². The first-order valence-corrected chi connectivity index (χ1v) is 10.8. The topological polar surface area (TPSA) is 95.2 Å². The van der Waals surface area contributed by atoms with E-state index in [2.05, 4.69) is 15.3 Å². The monoisotopic (exact) mass is 418 g/mol. The predicted octanol–water partition coefficient (Wildman–Crippen LogP) is 3.04. The van der Waals surface area contributed by atoms with Gasteiger partial charge in [0.1, 0.15) is 6.54 Å². The fourth-order valence-electron chi connectivity index (χ4n) is 5.16. The number of rotatable bonds is 4. The van der Waals surface area contributed by atoms with Gasteiger partial charge in [-0.2, -0.15) is 0 Å². The Bertz CT molecular complexity index is 1210. The van der Waals surface area contributed by atoms with E-state index in [1.165, 1.54) is 11.3 Å². The molecule has 1 aliphatic heterocycles. The number of likely N-dealkylation sites (tertiary alicyclic amines) is 1. The molecule has 3 aliphatic rings. The molecule has 1 saturated heterocycles. The summed E-state index contributed by atoms with van der Waals surface area (Å²) in [5, 5.41) is 6.13. The molecule has 3 amide bonds. The number of anilines is 1. The van der Waals surface area contributed by atoms with Crippen LogP contribution in [0.3, 0.4) is 0 Å². The lowest BCUT2D eigenvalue weighted by Crippen LogP contribution is -2.39. The number of amides is 3. The highest BCUT2D eigenvalue weighted by atomic mass is 32.1. The molecular formula is C22H18N4O3S. The van der Waals surface area contributed by atoms with Gasteiger partial charge in [0.2, 0.25) is 17.7 Å². The lowest BCUT2D eigenvalue weighted by molar-refractivity contribution is -0.143. The third-order valence-corrected chi connectivity index (χ3v) is 7.24. The maximum Gasteiger partial charge on any atom is 0.246 e. The highest BCUT2D eigenvalue weighted by molar-refractivity contribution is 7.14. The Hall–Kier alpha value is -3.26. The Morgan fingerprint density at radius 2 is 1.90 bits per heavy atom. The summed E-state index contributed by atoms with van der Waals surface area (Å²) in [4.78, 5) is 46.9. The van der Waals surface area contributed by atoms with Crippen LogP contribution in [-0.4, -0.2) is 39.1 Å². The Labute approximate surface area is 175 Å². The quantitative estimate of drug-likeness (QED) is 0.503. The third kappa shape index (κ3) is 2.50. The number of thiazole rings is 1. The van der Waals surface area contributed by atoms with Crippen LogP contribution in [0.25, 0.3) is 22.2 Å². The Kier molecular flexibility index (Phi) is 3.73. The largest absolute Gasteiger partial charge is 0.360 e. The summed E-state index contributed by atoms with van der Waals surface area (Å²) in [7, 11) is 0. The van der Waals surface area contributed by atoms with Crippen molar-refractivity contribution in [2.45, 2.75) is 6.42 Å². The highest BCUT2D eigenvalue weighted by Gasteiger charge is 2.59. The van der Waals surface area contributed by atoms with Crippen LogP contribution < -0.4 is 5.32 Å². The number of hydrogen-bond acceptors (Lipinski definition) is 5. The van der Waals surface area contributed by atoms with Crippen molar-refractivity contribution < 1.29 is 14.4 Å². The summed E-state index contributed by atoms with van der Waals surface area (Å²) in [6.45, 7) is -0.258. The zero-order valence-corrected chi connectivity index (χ0v) is 16.7. The fraction of sp³-hybridized carbons (Fsp3) is 0.273. The normalized spacial score (nSPS) is 26.7. The van der Waals surface area contributed by atoms with Crippen molar-refractivity contribution in [1.82, 2.24) is 14.9 Å². The lowest BCUT2D eigenvalue weighted by Gasteiger charge is -2.16. The first-order valence-electron chi connectivity index (χ1n) is 9.95. The molecule has 2 aromatic heterocycles. The number of para-hydroxylation sites is 1. The number of allylic oxidation sites excluding steroid dienone is 2. The number of hydrogen-bond donors (Lipinski definition) is 2. The highest BCUT2D eigenvalue weighted by Crippen LogP contribution is 2.52. The van der Waals surface area contributed by atoms with Gasteiger partial charge in [0, 0.05) is 28.0 Å². The summed E-state index contributed by atoms with van der Waals surface area (Å²) in [5.74, 6) is -1.12. The van der Waals surface area contributed by atoms with E-state index in [1.54, 1.807) is 0 Å². The van der Waals surface area contributed by atoms with Crippen molar-refractivity contribution in [3.8, 4) is 11.3 Å². The number of nitrogens with zero attached hydrogens (tertiary/aromatic N) is 2. The molecule has 2 aliphatic carbocycles. The minimum atomic E-state index is -0.406. The van der Waals surface area contributed by atoms with E-state index in [0.717, 1.165) is 33.5 Å². The van der Waals surface area contributed by atoms with Crippen molar-refractivity contribution in [1.29, 1.82) is 0 Å². The molecule has 4 unspecified atom stereocenters. The van der Waals surface area contributed by atoms with Crippen LogP contribution in [0.5, 0.6) is 0 Å². The number of aromatic nitrogens is 2. The Morgan fingerprint density at radius 3 is 2.67 bits per heavy atom. The average Bonchev–Trinajstić information content (AvgIpc) is 3.54. The second-order valence-corrected chi connectivity index (χ2v) is 8.95. The molecule has 4 atom stereocenters. The number of H-pyrrole nitrogens is 1. The van der Waals surface area contributed by atoms with Crippen molar-refractivity contribution in [3.63, 3.8) is 0 Å². The van der Waals surface area contributed by atoms with Crippen molar-refractivity contribution in [3.05, 3.63) is 48.0 Å². The summed E-state index contributed by atoms with van der Waals surface area (Å²) in [6.07, 6.45) is 6.86.